The number of nitrogen functional groups attached to an aromatic ring is 4. The summed E-state index contributed by atoms with van der Waals surface area (Å²) in [5.41, 5.74) is 20.0. The molecule has 0 fully saturated rings. The summed E-state index contributed by atoms with van der Waals surface area (Å²) in [6.07, 6.45) is 0. The summed E-state index contributed by atoms with van der Waals surface area (Å²) in [7, 11) is 0. The largest absolute Gasteiger partial charge is 0.478 e. The number of nitrogens with two attached hydrogens (primary N) is 4. The first-order valence-corrected chi connectivity index (χ1v) is 7.18. The molecule has 0 heterocycles. The second-order valence-corrected chi connectivity index (χ2v) is 5.27. The number of carbonyl (C=O) groups is 4. The van der Waals surface area contributed by atoms with E-state index in [1.165, 1.54) is 0 Å². The second-order valence-electron chi connectivity index (χ2n) is 5.27. The third kappa shape index (κ3) is 6.12. The smallest absolute Gasteiger partial charge is 0.337 e. The van der Waals surface area contributed by atoms with Crippen molar-refractivity contribution in [1.29, 1.82) is 0 Å². The van der Waals surface area contributed by atoms with E-state index in [0.717, 1.165) is 24.3 Å². The van der Waals surface area contributed by atoms with Crippen molar-refractivity contribution in [2.75, 3.05) is 22.9 Å². The van der Waals surface area contributed by atoms with Crippen LogP contribution in [0.1, 0.15) is 41.4 Å². The predicted octanol–water partition coefficient (Wildman–Crippen LogP) is 0.492. The normalized spacial score (nSPS) is 9.38. The molecule has 2 aromatic rings. The fourth-order valence-corrected chi connectivity index (χ4v) is 2.01. The summed E-state index contributed by atoms with van der Waals surface area (Å²) in [6, 6.07) is 4.12. The fraction of sp³-hybridized carbons (Fsp3) is 0. The third-order valence-corrected chi connectivity index (χ3v) is 3.37. The van der Waals surface area contributed by atoms with Gasteiger partial charge in [0.1, 0.15) is 0 Å². The summed E-state index contributed by atoms with van der Waals surface area (Å²) in [6.45, 7) is 0. The molecule has 0 aliphatic heterocycles. The Bertz CT molecular complexity index is 834. The molecule has 12 nitrogen and oxygen atoms in total. The second kappa shape index (κ2) is 9.96. The molecule has 0 saturated carbocycles. The van der Waals surface area contributed by atoms with Crippen LogP contribution < -0.4 is 22.9 Å². The van der Waals surface area contributed by atoms with Crippen LogP contribution in [0.25, 0.3) is 0 Å². The fourth-order valence-electron chi connectivity index (χ4n) is 2.01. The van der Waals surface area contributed by atoms with E-state index in [-0.39, 0.29) is 66.7 Å². The molecule has 0 radical (unpaired) electrons. The Morgan fingerprint density at radius 1 is 0.483 bits per heavy atom. The standard InChI is InChI=1S/2C8H8N2O4.Ti/c2*9-5-1-3(7(11)12)6(10)2-4(5)8(13)14;/h2*1-2H,9-10H2,(H,11,12)(H,13,14);. The van der Waals surface area contributed by atoms with Crippen molar-refractivity contribution >= 4 is 46.6 Å². The zero-order valence-electron chi connectivity index (χ0n) is 14.5. The van der Waals surface area contributed by atoms with Gasteiger partial charge in [-0.05, 0) is 24.3 Å². The molecule has 0 saturated heterocycles. The van der Waals surface area contributed by atoms with Gasteiger partial charge in [-0.1, -0.05) is 0 Å². The number of carboxylic acid groups (broad SMARTS) is 4. The van der Waals surface area contributed by atoms with Gasteiger partial charge in [0.2, 0.25) is 0 Å². The zero-order valence-corrected chi connectivity index (χ0v) is 16.1. The number of hydrogen-bond acceptors (Lipinski definition) is 8. The Labute approximate surface area is 177 Å². The van der Waals surface area contributed by atoms with E-state index in [0.29, 0.717) is 0 Å². The Balaban J connectivity index is 0.000000523. The van der Waals surface area contributed by atoms with E-state index in [2.05, 4.69) is 0 Å². The van der Waals surface area contributed by atoms with E-state index < -0.39 is 23.9 Å². The summed E-state index contributed by atoms with van der Waals surface area (Å²) >= 11 is 0. The minimum absolute atomic E-state index is 0. The van der Waals surface area contributed by atoms with E-state index in [4.69, 9.17) is 43.4 Å². The maximum atomic E-state index is 10.6. The van der Waals surface area contributed by atoms with Crippen molar-refractivity contribution < 1.29 is 61.3 Å². The molecule has 12 N–H and O–H groups in total. The van der Waals surface area contributed by atoms with Crippen molar-refractivity contribution in [1.82, 2.24) is 0 Å². The van der Waals surface area contributed by atoms with E-state index >= 15 is 0 Å². The van der Waals surface area contributed by atoms with Gasteiger partial charge in [-0.3, -0.25) is 0 Å². The Kier molecular flexibility index (Phi) is 8.67. The molecule has 0 aliphatic rings. The molecule has 0 unspecified atom stereocenters. The first-order chi connectivity index (χ1) is 12.9. The van der Waals surface area contributed by atoms with Crippen molar-refractivity contribution in [2.24, 2.45) is 0 Å². The monoisotopic (exact) mass is 440 g/mol. The summed E-state index contributed by atoms with van der Waals surface area (Å²) in [4.78, 5) is 42.3. The molecular formula is C16H16N4O8Ti. The van der Waals surface area contributed by atoms with Crippen LogP contribution in [-0.2, 0) is 21.7 Å². The van der Waals surface area contributed by atoms with Crippen molar-refractivity contribution in [3.8, 4) is 0 Å². The third-order valence-electron chi connectivity index (χ3n) is 3.37. The predicted molar refractivity (Wildman–Crippen MR) is 98.4 cm³/mol. The van der Waals surface area contributed by atoms with Gasteiger partial charge in [-0.25, -0.2) is 19.2 Å². The number of aromatic carboxylic acids is 4. The van der Waals surface area contributed by atoms with Gasteiger partial charge in [0, 0.05) is 44.5 Å². The van der Waals surface area contributed by atoms with Gasteiger partial charge in [-0.2, -0.15) is 0 Å². The molecular weight excluding hydrogens is 424 g/mol. The number of anilines is 4. The molecule has 152 valence electrons. The number of rotatable bonds is 4. The molecule has 0 aromatic heterocycles. The Hall–Kier alpha value is -3.77. The minimum Gasteiger partial charge on any atom is -0.478 e. The molecule has 2 aromatic carbocycles. The van der Waals surface area contributed by atoms with Gasteiger partial charge in [0.05, 0.1) is 22.3 Å². The van der Waals surface area contributed by atoms with Crippen LogP contribution in [0.3, 0.4) is 0 Å². The topological polar surface area (TPSA) is 253 Å². The number of hydrogen-bond donors (Lipinski definition) is 8. The van der Waals surface area contributed by atoms with Gasteiger partial charge in [0.25, 0.3) is 0 Å². The average molecular weight is 440 g/mol. The molecule has 0 amide bonds. The van der Waals surface area contributed by atoms with Crippen molar-refractivity contribution in [3.05, 3.63) is 46.5 Å². The number of carboxylic acids is 4. The molecule has 29 heavy (non-hydrogen) atoms. The van der Waals surface area contributed by atoms with Crippen LogP contribution in [-0.4, -0.2) is 44.3 Å². The molecule has 0 spiro atoms. The SMILES string of the molecule is Nc1cc(C(=O)O)c(N)cc1C(=O)O.Nc1cc(C(=O)O)c(N)cc1C(=O)O.[Ti]. The maximum Gasteiger partial charge on any atom is 0.337 e. The Morgan fingerprint density at radius 2 is 0.621 bits per heavy atom. The summed E-state index contributed by atoms with van der Waals surface area (Å²) in [5, 5.41) is 34.5. The quantitative estimate of drug-likeness (QED) is 0.239. The van der Waals surface area contributed by atoms with Crippen LogP contribution >= 0.6 is 0 Å². The maximum absolute atomic E-state index is 10.6. The molecule has 0 bridgehead atoms. The van der Waals surface area contributed by atoms with E-state index in [9.17, 15) is 19.2 Å². The molecule has 2 rings (SSSR count). The molecule has 0 aliphatic carbocycles. The molecule has 13 heteroatoms. The zero-order chi connectivity index (χ0) is 21.8. The summed E-state index contributed by atoms with van der Waals surface area (Å²) in [5.74, 6) is -4.98. The van der Waals surface area contributed by atoms with Crippen LogP contribution in [0.5, 0.6) is 0 Å². The van der Waals surface area contributed by atoms with Crippen molar-refractivity contribution in [3.63, 3.8) is 0 Å². The molecule has 0 atom stereocenters. The van der Waals surface area contributed by atoms with Crippen molar-refractivity contribution in [2.45, 2.75) is 0 Å². The first-order valence-electron chi connectivity index (χ1n) is 7.18. The summed E-state index contributed by atoms with van der Waals surface area (Å²) < 4.78 is 0. The van der Waals surface area contributed by atoms with Gasteiger partial charge >= 0.3 is 23.9 Å². The Morgan fingerprint density at radius 3 is 0.724 bits per heavy atom. The van der Waals surface area contributed by atoms with Gasteiger partial charge < -0.3 is 43.4 Å². The van der Waals surface area contributed by atoms with Crippen LogP contribution in [0, 0.1) is 0 Å². The van der Waals surface area contributed by atoms with Crippen LogP contribution in [0.2, 0.25) is 0 Å². The minimum atomic E-state index is -1.24. The first kappa shape index (κ1) is 25.2. The number of benzene rings is 2. The van der Waals surface area contributed by atoms with E-state index in [1.807, 2.05) is 0 Å². The van der Waals surface area contributed by atoms with E-state index in [1.54, 1.807) is 0 Å². The van der Waals surface area contributed by atoms with Gasteiger partial charge in [0.15, 0.2) is 0 Å². The van der Waals surface area contributed by atoms with Crippen LogP contribution in [0.4, 0.5) is 22.7 Å². The van der Waals surface area contributed by atoms with Crippen LogP contribution in [0.15, 0.2) is 24.3 Å². The average Bonchev–Trinajstić information content (AvgIpc) is 2.57. The van der Waals surface area contributed by atoms with Gasteiger partial charge in [-0.15, -0.1) is 0 Å².